The third-order valence-corrected chi connectivity index (χ3v) is 8.63. The highest BCUT2D eigenvalue weighted by Gasteiger charge is 2.26. The maximum Gasteiger partial charge on any atom is 0.142 e. The van der Waals surface area contributed by atoms with Gasteiger partial charge in [-0.3, -0.25) is 9.36 Å². The molecule has 4 heterocycles. The molecule has 5 aromatic rings. The van der Waals surface area contributed by atoms with Crippen LogP contribution in [0.1, 0.15) is 24.1 Å². The van der Waals surface area contributed by atoms with Crippen LogP contribution in [-0.2, 0) is 25.9 Å². The minimum Gasteiger partial charge on any atom is -0.395 e. The second kappa shape index (κ2) is 10.6. The molecule has 7 rings (SSSR count). The van der Waals surface area contributed by atoms with E-state index in [0.717, 1.165) is 76.2 Å². The van der Waals surface area contributed by atoms with Crippen molar-refractivity contribution < 1.29 is 9.50 Å². The van der Waals surface area contributed by atoms with Crippen LogP contribution in [-0.4, -0.2) is 54.3 Å². The largest absolute Gasteiger partial charge is 0.395 e. The molecule has 0 saturated heterocycles. The lowest BCUT2D eigenvalue weighted by Crippen LogP contribution is -2.23. The summed E-state index contributed by atoms with van der Waals surface area (Å²) < 4.78 is 17.6. The molecule has 1 aromatic carbocycles. The number of rotatable bonds is 9. The number of aryl methyl sites for hydroxylation is 2. The fourth-order valence-corrected chi connectivity index (χ4v) is 6.79. The molecule has 0 unspecified atom stereocenters. The molecular weight excluding hydrogens is 527 g/mol. The van der Waals surface area contributed by atoms with Crippen molar-refractivity contribution in [3.05, 3.63) is 71.7 Å². The van der Waals surface area contributed by atoms with Crippen molar-refractivity contribution in [3.63, 3.8) is 0 Å². The summed E-state index contributed by atoms with van der Waals surface area (Å²) in [4.78, 5) is 11.4. The first-order chi connectivity index (χ1) is 19.7. The van der Waals surface area contributed by atoms with E-state index in [2.05, 4.69) is 44.0 Å². The number of halogens is 1. The fraction of sp³-hybridized carbons (Fsp3) is 0.310. The SMILES string of the molecule is OCCNCCn1cc2c(n1)CCc1c-2sc2ncnc(Nc3ccc4c(cnn4CC4=CCCC(F)=C4)c3)c12. The van der Waals surface area contributed by atoms with E-state index >= 15 is 0 Å². The molecule has 0 saturated carbocycles. The number of hydrogen-bond acceptors (Lipinski definition) is 8. The van der Waals surface area contributed by atoms with Gasteiger partial charge in [0.25, 0.3) is 0 Å². The Morgan fingerprint density at radius 3 is 2.98 bits per heavy atom. The van der Waals surface area contributed by atoms with Gasteiger partial charge < -0.3 is 15.7 Å². The van der Waals surface area contributed by atoms with Crippen LogP contribution >= 0.6 is 11.3 Å². The number of anilines is 2. The summed E-state index contributed by atoms with van der Waals surface area (Å²) in [6, 6.07) is 6.15. The number of nitrogens with zero attached hydrogens (tertiary/aromatic N) is 6. The van der Waals surface area contributed by atoms with Gasteiger partial charge in [-0.1, -0.05) is 6.08 Å². The summed E-state index contributed by atoms with van der Waals surface area (Å²) in [7, 11) is 0. The highest BCUT2D eigenvalue weighted by atomic mass is 32.1. The maximum atomic E-state index is 13.7. The number of aliphatic hydroxyl groups excluding tert-OH is 1. The molecule has 0 aliphatic heterocycles. The topological polar surface area (TPSA) is 106 Å². The number of aromatic nitrogens is 6. The van der Waals surface area contributed by atoms with E-state index in [4.69, 9.17) is 10.2 Å². The third-order valence-electron chi connectivity index (χ3n) is 7.46. The monoisotopic (exact) mass is 556 g/mol. The predicted octanol–water partition coefficient (Wildman–Crippen LogP) is 4.90. The van der Waals surface area contributed by atoms with Gasteiger partial charge in [-0.25, -0.2) is 14.4 Å². The molecule has 4 aromatic heterocycles. The van der Waals surface area contributed by atoms with E-state index in [9.17, 15) is 4.39 Å². The van der Waals surface area contributed by atoms with Crippen LogP contribution in [0, 0.1) is 0 Å². The minimum absolute atomic E-state index is 0.0659. The average molecular weight is 557 g/mol. The van der Waals surface area contributed by atoms with Gasteiger partial charge in [0.2, 0.25) is 0 Å². The van der Waals surface area contributed by atoms with Gasteiger partial charge in [-0.2, -0.15) is 10.2 Å². The van der Waals surface area contributed by atoms with Crippen LogP contribution in [0.4, 0.5) is 15.9 Å². The smallest absolute Gasteiger partial charge is 0.142 e. The number of aliphatic hydroxyl groups is 1. The quantitative estimate of drug-likeness (QED) is 0.222. The number of allylic oxidation sites excluding steroid dienone is 4. The fourth-order valence-electron chi connectivity index (χ4n) is 5.57. The van der Waals surface area contributed by atoms with Crippen LogP contribution in [0.5, 0.6) is 0 Å². The van der Waals surface area contributed by atoms with Gasteiger partial charge in [-0.15, -0.1) is 11.3 Å². The Labute approximate surface area is 234 Å². The molecule has 0 fully saturated rings. The minimum atomic E-state index is -0.0659. The number of fused-ring (bicyclic) bond motifs is 6. The Balaban J connectivity index is 1.16. The van der Waals surface area contributed by atoms with Crippen LogP contribution in [0.25, 0.3) is 31.6 Å². The molecule has 0 amide bonds. The van der Waals surface area contributed by atoms with E-state index in [1.165, 1.54) is 16.0 Å². The first-order valence-electron chi connectivity index (χ1n) is 13.6. The standard InChI is InChI=1S/C29H29FN8OS/c30-20-3-1-2-18(12-20)15-38-25-7-4-21(13-19(25)14-34-38)35-28-26-22-5-6-24-23(27(22)40-29(26)33-17-32-28)16-37(36-24)10-8-31-9-11-39/h2,4,7,12-14,16-17,31,39H,1,3,5-6,8-11,15H2,(H,32,33,35). The van der Waals surface area contributed by atoms with Crippen molar-refractivity contribution in [1.82, 2.24) is 34.8 Å². The molecule has 0 bridgehead atoms. The summed E-state index contributed by atoms with van der Waals surface area (Å²) in [5.41, 5.74) is 6.44. The highest BCUT2D eigenvalue weighted by Crippen LogP contribution is 2.45. The summed E-state index contributed by atoms with van der Waals surface area (Å²) >= 11 is 1.69. The lowest BCUT2D eigenvalue weighted by atomic mass is 9.95. The molecule has 2 aliphatic rings. The summed E-state index contributed by atoms with van der Waals surface area (Å²) in [5, 5.41) is 27.2. The van der Waals surface area contributed by atoms with Gasteiger partial charge in [0, 0.05) is 47.2 Å². The van der Waals surface area contributed by atoms with Crippen molar-refractivity contribution in [2.45, 2.75) is 38.8 Å². The first-order valence-corrected chi connectivity index (χ1v) is 14.4. The number of nitrogens with one attached hydrogen (secondary N) is 2. The van der Waals surface area contributed by atoms with E-state index in [0.29, 0.717) is 19.5 Å². The van der Waals surface area contributed by atoms with Crippen LogP contribution in [0.3, 0.4) is 0 Å². The molecule has 3 N–H and O–H groups in total. The molecular formula is C29H29FN8OS. The molecule has 204 valence electrons. The van der Waals surface area contributed by atoms with Gasteiger partial charge in [-0.05, 0) is 54.7 Å². The Bertz CT molecular complexity index is 1780. The highest BCUT2D eigenvalue weighted by molar-refractivity contribution is 7.22. The maximum absolute atomic E-state index is 13.7. The van der Waals surface area contributed by atoms with Gasteiger partial charge >= 0.3 is 0 Å². The third kappa shape index (κ3) is 4.70. The molecule has 2 aliphatic carbocycles. The molecule has 0 spiro atoms. The Morgan fingerprint density at radius 1 is 1.12 bits per heavy atom. The summed E-state index contributed by atoms with van der Waals surface area (Å²) in [6.45, 7) is 2.78. The molecule has 0 atom stereocenters. The van der Waals surface area contributed by atoms with Crippen molar-refractivity contribution in [2.24, 2.45) is 0 Å². The predicted molar refractivity (Wildman–Crippen MR) is 156 cm³/mol. The van der Waals surface area contributed by atoms with Crippen molar-refractivity contribution in [3.8, 4) is 10.4 Å². The van der Waals surface area contributed by atoms with E-state index < -0.39 is 0 Å². The van der Waals surface area contributed by atoms with E-state index in [1.54, 1.807) is 23.7 Å². The van der Waals surface area contributed by atoms with E-state index in [-0.39, 0.29) is 12.4 Å². The van der Waals surface area contributed by atoms with Crippen LogP contribution in [0.2, 0.25) is 0 Å². The first kappa shape index (κ1) is 25.1. The second-order valence-corrected chi connectivity index (χ2v) is 11.1. The zero-order chi connectivity index (χ0) is 27.1. The van der Waals surface area contributed by atoms with Gasteiger partial charge in [0.15, 0.2) is 0 Å². The Kier molecular flexibility index (Phi) is 6.62. The van der Waals surface area contributed by atoms with Crippen LogP contribution < -0.4 is 10.6 Å². The zero-order valence-electron chi connectivity index (χ0n) is 21.9. The van der Waals surface area contributed by atoms with Crippen molar-refractivity contribution in [1.29, 1.82) is 0 Å². The number of hydrogen-bond donors (Lipinski definition) is 3. The van der Waals surface area contributed by atoms with Crippen molar-refractivity contribution in [2.75, 3.05) is 25.0 Å². The summed E-state index contributed by atoms with van der Waals surface area (Å²) in [5.74, 6) is 0.732. The Hall–Kier alpha value is -3.93. The van der Waals surface area contributed by atoms with Gasteiger partial charge in [0.05, 0.1) is 42.5 Å². The summed E-state index contributed by atoms with van der Waals surface area (Å²) in [6.07, 6.45) is 12.3. The van der Waals surface area contributed by atoms with Crippen molar-refractivity contribution >= 4 is 44.0 Å². The van der Waals surface area contributed by atoms with Gasteiger partial charge in [0.1, 0.15) is 22.8 Å². The van der Waals surface area contributed by atoms with E-state index in [1.807, 2.05) is 27.7 Å². The molecule has 40 heavy (non-hydrogen) atoms. The lowest BCUT2D eigenvalue weighted by molar-refractivity contribution is 0.291. The molecule has 11 heteroatoms. The van der Waals surface area contributed by atoms with Crippen LogP contribution in [0.15, 0.2) is 60.5 Å². The molecule has 9 nitrogen and oxygen atoms in total. The average Bonchev–Trinajstić information content (AvgIpc) is 3.66. The number of benzene rings is 1. The lowest BCUT2D eigenvalue weighted by Gasteiger charge is -2.13. The normalized spacial score (nSPS) is 14.8. The Morgan fingerprint density at radius 2 is 2.08 bits per heavy atom. The zero-order valence-corrected chi connectivity index (χ0v) is 22.7. The molecule has 0 radical (unpaired) electrons. The number of thiophene rings is 1. The second-order valence-electron chi connectivity index (χ2n) is 10.1.